The molecule has 1 N–H and O–H groups in total. The van der Waals surface area contributed by atoms with E-state index in [0.717, 1.165) is 37.2 Å². The van der Waals surface area contributed by atoms with Crippen LogP contribution in [0.4, 0.5) is 0 Å². The maximum absolute atomic E-state index is 11.6. The molecule has 1 amide bonds. The zero-order chi connectivity index (χ0) is 13.2. The fraction of sp³-hybridized carbons (Fsp3) is 0.533. The van der Waals surface area contributed by atoms with Crippen molar-refractivity contribution >= 4 is 5.91 Å². The van der Waals surface area contributed by atoms with Gasteiger partial charge in [-0.3, -0.25) is 10.0 Å². The summed E-state index contributed by atoms with van der Waals surface area (Å²) in [6.07, 6.45) is 5.10. The number of benzene rings is 1. The third kappa shape index (κ3) is 5.82. The molecule has 0 aliphatic rings. The van der Waals surface area contributed by atoms with Crippen molar-refractivity contribution in [2.75, 3.05) is 6.54 Å². The van der Waals surface area contributed by atoms with Crippen LogP contribution in [0.15, 0.2) is 30.3 Å². The van der Waals surface area contributed by atoms with E-state index in [-0.39, 0.29) is 5.91 Å². The minimum atomic E-state index is -0.165. The van der Waals surface area contributed by atoms with E-state index in [0.29, 0.717) is 13.0 Å². The van der Waals surface area contributed by atoms with Crippen LogP contribution < -0.4 is 0 Å². The van der Waals surface area contributed by atoms with Gasteiger partial charge in [0.1, 0.15) is 0 Å². The predicted molar refractivity (Wildman–Crippen MR) is 72.4 cm³/mol. The van der Waals surface area contributed by atoms with Gasteiger partial charge in [0.05, 0.1) is 0 Å². The molecule has 3 heteroatoms. The standard InChI is InChI=1S/C15H23NO2/c1-2-3-7-13-16(18)15(17)12-8-11-14-9-5-4-6-10-14/h4-6,9-10,18H,2-3,7-8,11-13H2,1H3. The van der Waals surface area contributed by atoms with Gasteiger partial charge in [-0.25, -0.2) is 5.06 Å². The first-order valence-corrected chi connectivity index (χ1v) is 6.77. The van der Waals surface area contributed by atoms with Crippen LogP contribution in [0.2, 0.25) is 0 Å². The number of aryl methyl sites for hydroxylation is 1. The molecule has 1 aromatic rings. The molecule has 0 aromatic heterocycles. The molecule has 0 unspecified atom stereocenters. The minimum Gasteiger partial charge on any atom is -0.286 e. The first kappa shape index (κ1) is 14.7. The fourth-order valence-corrected chi connectivity index (χ4v) is 1.85. The Bertz CT molecular complexity index is 338. The van der Waals surface area contributed by atoms with Gasteiger partial charge >= 0.3 is 0 Å². The van der Waals surface area contributed by atoms with Crippen molar-refractivity contribution in [1.29, 1.82) is 0 Å². The SMILES string of the molecule is CCCCCN(O)C(=O)CCCc1ccccc1. The zero-order valence-corrected chi connectivity index (χ0v) is 11.1. The monoisotopic (exact) mass is 249 g/mol. The Morgan fingerprint density at radius 3 is 2.56 bits per heavy atom. The summed E-state index contributed by atoms with van der Waals surface area (Å²) in [6.45, 7) is 2.56. The van der Waals surface area contributed by atoms with Gasteiger partial charge in [0.2, 0.25) is 5.91 Å². The Morgan fingerprint density at radius 2 is 1.89 bits per heavy atom. The average molecular weight is 249 g/mol. The van der Waals surface area contributed by atoms with E-state index in [1.165, 1.54) is 5.56 Å². The summed E-state index contributed by atoms with van der Waals surface area (Å²) in [5, 5.41) is 10.4. The molecule has 0 radical (unpaired) electrons. The van der Waals surface area contributed by atoms with Gasteiger partial charge in [-0.1, -0.05) is 50.1 Å². The van der Waals surface area contributed by atoms with Gasteiger partial charge in [0.25, 0.3) is 0 Å². The Balaban J connectivity index is 2.16. The highest BCUT2D eigenvalue weighted by molar-refractivity contribution is 5.74. The van der Waals surface area contributed by atoms with Crippen LogP contribution >= 0.6 is 0 Å². The van der Waals surface area contributed by atoms with Crippen LogP contribution in [0.25, 0.3) is 0 Å². The largest absolute Gasteiger partial charge is 0.286 e. The lowest BCUT2D eigenvalue weighted by atomic mass is 10.1. The molecule has 0 heterocycles. The molecule has 0 saturated heterocycles. The number of nitrogens with zero attached hydrogens (tertiary/aromatic N) is 1. The molecule has 1 aromatic carbocycles. The third-order valence-electron chi connectivity index (χ3n) is 2.96. The van der Waals surface area contributed by atoms with E-state index in [1.807, 2.05) is 18.2 Å². The second kappa shape index (κ2) is 8.70. The van der Waals surface area contributed by atoms with Crippen molar-refractivity contribution < 1.29 is 10.0 Å². The van der Waals surface area contributed by atoms with E-state index >= 15 is 0 Å². The summed E-state index contributed by atoms with van der Waals surface area (Å²) < 4.78 is 0. The topological polar surface area (TPSA) is 40.5 Å². The van der Waals surface area contributed by atoms with E-state index in [9.17, 15) is 10.0 Å². The molecule has 0 saturated carbocycles. The molecule has 1 rings (SSSR count). The molecule has 100 valence electrons. The molecule has 0 aliphatic carbocycles. The van der Waals surface area contributed by atoms with Gasteiger partial charge in [-0.15, -0.1) is 0 Å². The second-order valence-corrected chi connectivity index (χ2v) is 4.56. The number of hydrogen-bond donors (Lipinski definition) is 1. The van der Waals surface area contributed by atoms with Crippen molar-refractivity contribution in [1.82, 2.24) is 5.06 Å². The number of rotatable bonds is 8. The highest BCUT2D eigenvalue weighted by Gasteiger charge is 2.09. The molecule has 0 aliphatic heterocycles. The van der Waals surface area contributed by atoms with Crippen molar-refractivity contribution in [3.8, 4) is 0 Å². The van der Waals surface area contributed by atoms with Crippen molar-refractivity contribution in [3.63, 3.8) is 0 Å². The fourth-order valence-electron chi connectivity index (χ4n) is 1.85. The normalized spacial score (nSPS) is 10.3. The second-order valence-electron chi connectivity index (χ2n) is 4.56. The molecule has 0 fully saturated rings. The summed E-state index contributed by atoms with van der Waals surface area (Å²) in [4.78, 5) is 11.6. The van der Waals surface area contributed by atoms with Gasteiger partial charge in [-0.2, -0.15) is 0 Å². The maximum Gasteiger partial charge on any atom is 0.245 e. The Kier molecular flexibility index (Phi) is 7.11. The number of hydrogen-bond acceptors (Lipinski definition) is 2. The maximum atomic E-state index is 11.6. The smallest absolute Gasteiger partial charge is 0.245 e. The summed E-state index contributed by atoms with van der Waals surface area (Å²) in [5.41, 5.74) is 1.24. The van der Waals surface area contributed by atoms with Crippen molar-refractivity contribution in [2.24, 2.45) is 0 Å². The first-order chi connectivity index (χ1) is 8.74. The Hall–Kier alpha value is -1.35. The van der Waals surface area contributed by atoms with E-state index < -0.39 is 0 Å². The van der Waals surface area contributed by atoms with Crippen LogP contribution in [-0.4, -0.2) is 22.7 Å². The van der Waals surface area contributed by atoms with Gasteiger partial charge in [-0.05, 0) is 24.8 Å². The van der Waals surface area contributed by atoms with Crippen molar-refractivity contribution in [2.45, 2.75) is 45.4 Å². The average Bonchev–Trinajstić information content (AvgIpc) is 2.40. The lowest BCUT2D eigenvalue weighted by Crippen LogP contribution is -2.28. The number of carbonyl (C=O) groups is 1. The highest BCUT2D eigenvalue weighted by atomic mass is 16.5. The molecular weight excluding hydrogens is 226 g/mol. The molecule has 0 bridgehead atoms. The zero-order valence-electron chi connectivity index (χ0n) is 11.1. The Labute approximate surface area is 109 Å². The van der Waals surface area contributed by atoms with Crippen molar-refractivity contribution in [3.05, 3.63) is 35.9 Å². The molecule has 0 atom stereocenters. The van der Waals surface area contributed by atoms with Crippen LogP contribution in [0.5, 0.6) is 0 Å². The van der Waals surface area contributed by atoms with Gasteiger partial charge < -0.3 is 0 Å². The number of amides is 1. The summed E-state index contributed by atoms with van der Waals surface area (Å²) in [6, 6.07) is 10.1. The Morgan fingerprint density at radius 1 is 1.17 bits per heavy atom. The molecule has 3 nitrogen and oxygen atoms in total. The van der Waals surface area contributed by atoms with Gasteiger partial charge in [0.15, 0.2) is 0 Å². The molecule has 18 heavy (non-hydrogen) atoms. The minimum absolute atomic E-state index is 0.165. The van der Waals surface area contributed by atoms with Crippen LogP contribution in [0.1, 0.15) is 44.6 Å². The van der Waals surface area contributed by atoms with E-state index in [1.54, 1.807) is 0 Å². The van der Waals surface area contributed by atoms with E-state index in [4.69, 9.17) is 0 Å². The van der Waals surface area contributed by atoms with Gasteiger partial charge in [0, 0.05) is 13.0 Å². The summed E-state index contributed by atoms with van der Waals surface area (Å²) in [7, 11) is 0. The summed E-state index contributed by atoms with van der Waals surface area (Å²) >= 11 is 0. The third-order valence-corrected chi connectivity index (χ3v) is 2.96. The van der Waals surface area contributed by atoms with E-state index in [2.05, 4.69) is 19.1 Å². The lowest BCUT2D eigenvalue weighted by molar-refractivity contribution is -0.165. The number of hydroxylamine groups is 2. The number of carbonyl (C=O) groups excluding carboxylic acids is 1. The first-order valence-electron chi connectivity index (χ1n) is 6.77. The molecular formula is C15H23NO2. The quantitative estimate of drug-likeness (QED) is 0.435. The van der Waals surface area contributed by atoms with Crippen LogP contribution in [0.3, 0.4) is 0 Å². The summed E-state index contributed by atoms with van der Waals surface area (Å²) in [5.74, 6) is -0.165. The predicted octanol–water partition coefficient (Wildman–Crippen LogP) is 3.42. The van der Waals surface area contributed by atoms with Crippen LogP contribution in [0, 0.1) is 0 Å². The lowest BCUT2D eigenvalue weighted by Gasteiger charge is -2.14. The van der Waals surface area contributed by atoms with Crippen LogP contribution in [-0.2, 0) is 11.2 Å². The number of unbranched alkanes of at least 4 members (excludes halogenated alkanes) is 2. The molecule has 0 spiro atoms. The highest BCUT2D eigenvalue weighted by Crippen LogP contribution is 2.06.